The van der Waals surface area contributed by atoms with E-state index in [-0.39, 0.29) is 17.3 Å². The second-order valence-electron chi connectivity index (χ2n) is 3.76. The van der Waals surface area contributed by atoms with E-state index in [9.17, 15) is 9.70 Å². The zero-order valence-electron chi connectivity index (χ0n) is 10.6. The summed E-state index contributed by atoms with van der Waals surface area (Å²) in [5.74, 6) is -0.00188. The summed E-state index contributed by atoms with van der Waals surface area (Å²) in [5, 5.41) is 2.79. The molecule has 102 valence electrons. The molecule has 0 bridgehead atoms. The van der Waals surface area contributed by atoms with Crippen molar-refractivity contribution in [3.8, 4) is 11.5 Å². The minimum atomic E-state index is -0.488. The van der Waals surface area contributed by atoms with Crippen LogP contribution in [0.3, 0.4) is 0 Å². The second-order valence-corrected chi connectivity index (χ2v) is 3.76. The van der Waals surface area contributed by atoms with Crippen molar-refractivity contribution in [2.45, 2.75) is 0 Å². The first kappa shape index (κ1) is 13.5. The molecule has 0 amide bonds. The van der Waals surface area contributed by atoms with Crippen LogP contribution in [0.15, 0.2) is 41.7 Å². The highest BCUT2D eigenvalue weighted by Crippen LogP contribution is 2.35. The summed E-state index contributed by atoms with van der Waals surface area (Å²) in [7, 11) is 1.29. The van der Waals surface area contributed by atoms with Crippen LogP contribution in [-0.2, 0) is 4.74 Å². The van der Waals surface area contributed by atoms with Gasteiger partial charge in [-0.1, -0.05) is 6.07 Å². The van der Waals surface area contributed by atoms with Gasteiger partial charge < -0.3 is 15.2 Å². The Labute approximate surface area is 114 Å². The molecule has 0 saturated heterocycles. The largest absolute Gasteiger partial charge is 0.465 e. The molecular weight excluding hydrogens is 262 g/mol. The van der Waals surface area contributed by atoms with Crippen LogP contribution in [0.25, 0.3) is 0 Å². The number of nitrogens with zero attached hydrogens (tertiary/aromatic N) is 2. The van der Waals surface area contributed by atoms with E-state index in [1.807, 2.05) is 0 Å². The van der Waals surface area contributed by atoms with Gasteiger partial charge >= 0.3 is 5.97 Å². The molecule has 2 aromatic rings. The molecule has 0 aliphatic carbocycles. The maximum atomic E-state index is 11.4. The van der Waals surface area contributed by atoms with Crippen molar-refractivity contribution in [2.75, 3.05) is 12.8 Å². The van der Waals surface area contributed by atoms with Crippen molar-refractivity contribution >= 4 is 17.5 Å². The summed E-state index contributed by atoms with van der Waals surface area (Å²) in [6.07, 6.45) is 1.39. The minimum absolute atomic E-state index is 0.0263. The van der Waals surface area contributed by atoms with Gasteiger partial charge in [0, 0.05) is 12.3 Å². The molecule has 2 rings (SSSR count). The number of pyridine rings is 1. The van der Waals surface area contributed by atoms with Crippen LogP contribution in [0.2, 0.25) is 0 Å². The van der Waals surface area contributed by atoms with Crippen molar-refractivity contribution in [1.82, 2.24) is 4.98 Å². The van der Waals surface area contributed by atoms with E-state index in [0.717, 1.165) is 0 Å². The van der Waals surface area contributed by atoms with Gasteiger partial charge in [-0.05, 0) is 23.4 Å². The quantitative estimate of drug-likeness (QED) is 0.678. The number of aromatic nitrogens is 1. The van der Waals surface area contributed by atoms with E-state index in [0.29, 0.717) is 11.3 Å². The highest BCUT2D eigenvalue weighted by molar-refractivity contribution is 5.89. The Morgan fingerprint density at radius 3 is 2.85 bits per heavy atom. The van der Waals surface area contributed by atoms with Crippen LogP contribution in [0.1, 0.15) is 10.4 Å². The Bertz CT molecular complexity index is 658. The number of carbonyl (C=O) groups excluding carboxylic acids is 1. The number of nitrogen functional groups attached to an aromatic ring is 1. The van der Waals surface area contributed by atoms with Gasteiger partial charge in [0.2, 0.25) is 0 Å². The van der Waals surface area contributed by atoms with Gasteiger partial charge in [0.15, 0.2) is 17.3 Å². The Balaban J connectivity index is 2.33. The van der Waals surface area contributed by atoms with Crippen LogP contribution < -0.4 is 10.5 Å². The summed E-state index contributed by atoms with van der Waals surface area (Å²) in [5.41, 5.74) is 5.77. The van der Waals surface area contributed by atoms with E-state index in [1.54, 1.807) is 18.2 Å². The van der Waals surface area contributed by atoms with E-state index >= 15 is 0 Å². The number of hydrogen-bond acceptors (Lipinski definition) is 7. The lowest BCUT2D eigenvalue weighted by atomic mass is 10.2. The maximum absolute atomic E-state index is 11.4. The van der Waals surface area contributed by atoms with Gasteiger partial charge in [-0.3, -0.25) is 0 Å². The fourth-order valence-electron chi connectivity index (χ4n) is 1.56. The Morgan fingerprint density at radius 2 is 2.15 bits per heavy atom. The Kier molecular flexibility index (Phi) is 3.90. The van der Waals surface area contributed by atoms with E-state index < -0.39 is 5.97 Å². The van der Waals surface area contributed by atoms with Crippen LogP contribution in [0.4, 0.5) is 11.5 Å². The molecule has 2 N–H and O–H groups in total. The third kappa shape index (κ3) is 2.72. The van der Waals surface area contributed by atoms with Crippen molar-refractivity contribution in [3.05, 3.63) is 47.0 Å². The number of anilines is 1. The minimum Gasteiger partial charge on any atom is -0.465 e. The molecular formula is C13H11N3O4. The lowest BCUT2D eigenvalue weighted by Crippen LogP contribution is -2.01. The van der Waals surface area contributed by atoms with Crippen LogP contribution in [-0.4, -0.2) is 18.1 Å². The average molecular weight is 273 g/mol. The molecule has 0 saturated carbocycles. The molecule has 0 spiro atoms. The first-order valence-corrected chi connectivity index (χ1v) is 5.59. The molecule has 7 heteroatoms. The topological polar surface area (TPSA) is 104 Å². The number of benzene rings is 1. The Hall–Kier alpha value is -2.96. The van der Waals surface area contributed by atoms with E-state index in [4.69, 9.17) is 10.5 Å². The van der Waals surface area contributed by atoms with Crippen LogP contribution >= 0.6 is 0 Å². The fraction of sp³-hybridized carbons (Fsp3) is 0.0769. The number of methoxy groups -OCH3 is 1. The zero-order chi connectivity index (χ0) is 14.5. The maximum Gasteiger partial charge on any atom is 0.337 e. The highest BCUT2D eigenvalue weighted by Gasteiger charge is 2.12. The average Bonchev–Trinajstić information content (AvgIpc) is 2.47. The van der Waals surface area contributed by atoms with Crippen molar-refractivity contribution < 1.29 is 14.3 Å². The summed E-state index contributed by atoms with van der Waals surface area (Å²) >= 11 is 0. The number of nitroso groups, excluding NO2 is 1. The van der Waals surface area contributed by atoms with Gasteiger partial charge in [-0.2, -0.15) is 0 Å². The SMILES string of the molecule is COC(=O)c1cccc(Oc2ccnc(N)c2N=O)c1. The first-order chi connectivity index (χ1) is 9.65. The molecule has 1 aromatic carbocycles. The zero-order valence-corrected chi connectivity index (χ0v) is 10.6. The van der Waals surface area contributed by atoms with Gasteiger partial charge in [-0.25, -0.2) is 9.78 Å². The summed E-state index contributed by atoms with van der Waals surface area (Å²) in [4.78, 5) is 25.9. The smallest absolute Gasteiger partial charge is 0.337 e. The number of hydrogen-bond donors (Lipinski definition) is 1. The van der Waals surface area contributed by atoms with E-state index in [2.05, 4.69) is 14.9 Å². The van der Waals surface area contributed by atoms with Crippen molar-refractivity contribution in [3.63, 3.8) is 0 Å². The monoisotopic (exact) mass is 273 g/mol. The summed E-state index contributed by atoms with van der Waals surface area (Å²) in [6, 6.07) is 7.77. The predicted molar refractivity (Wildman–Crippen MR) is 72.0 cm³/mol. The van der Waals surface area contributed by atoms with Gasteiger partial charge in [0.05, 0.1) is 12.7 Å². The third-order valence-corrected chi connectivity index (χ3v) is 2.49. The van der Waals surface area contributed by atoms with Crippen LogP contribution in [0, 0.1) is 4.91 Å². The molecule has 1 aromatic heterocycles. The van der Waals surface area contributed by atoms with E-state index in [1.165, 1.54) is 25.4 Å². The third-order valence-electron chi connectivity index (χ3n) is 2.49. The van der Waals surface area contributed by atoms with Gasteiger partial charge in [0.1, 0.15) is 5.75 Å². The molecule has 7 nitrogen and oxygen atoms in total. The molecule has 0 radical (unpaired) electrons. The Morgan fingerprint density at radius 1 is 1.35 bits per heavy atom. The lowest BCUT2D eigenvalue weighted by molar-refractivity contribution is 0.0600. The van der Waals surface area contributed by atoms with Gasteiger partial charge in [-0.15, -0.1) is 4.91 Å². The number of ether oxygens (including phenoxy) is 2. The van der Waals surface area contributed by atoms with Crippen molar-refractivity contribution in [1.29, 1.82) is 0 Å². The molecule has 0 aliphatic rings. The van der Waals surface area contributed by atoms with Crippen LogP contribution in [0.5, 0.6) is 11.5 Å². The number of esters is 1. The summed E-state index contributed by atoms with van der Waals surface area (Å²) in [6.45, 7) is 0. The number of carbonyl (C=O) groups is 1. The molecule has 0 aliphatic heterocycles. The predicted octanol–water partition coefficient (Wildman–Crippen LogP) is 2.64. The lowest BCUT2D eigenvalue weighted by Gasteiger charge is -2.08. The molecule has 0 atom stereocenters. The van der Waals surface area contributed by atoms with Crippen molar-refractivity contribution in [2.24, 2.45) is 5.18 Å². The molecule has 0 unspecified atom stereocenters. The number of rotatable bonds is 4. The van der Waals surface area contributed by atoms with Gasteiger partial charge in [0.25, 0.3) is 0 Å². The standard InChI is InChI=1S/C13H11N3O4/c1-19-13(17)8-3-2-4-9(7-8)20-10-5-6-15-12(14)11(10)16-18/h2-7H,1H3,(H2,14,15). The normalized spacial score (nSPS) is 9.85. The fourth-order valence-corrected chi connectivity index (χ4v) is 1.56. The first-order valence-electron chi connectivity index (χ1n) is 5.59. The molecule has 0 fully saturated rings. The molecule has 20 heavy (non-hydrogen) atoms. The molecule has 1 heterocycles. The second kappa shape index (κ2) is 5.79. The highest BCUT2D eigenvalue weighted by atomic mass is 16.5. The number of nitrogens with two attached hydrogens (primary N) is 1. The summed E-state index contributed by atoms with van der Waals surface area (Å²) < 4.78 is 10.1.